The first-order chi connectivity index (χ1) is 14.0. The van der Waals surface area contributed by atoms with Crippen LogP contribution in [-0.4, -0.2) is 25.1 Å². The third-order valence-electron chi connectivity index (χ3n) is 4.10. The summed E-state index contributed by atoms with van der Waals surface area (Å²) in [6.07, 6.45) is 1.68. The van der Waals surface area contributed by atoms with Crippen molar-refractivity contribution in [1.82, 2.24) is 0 Å². The number of hydrogen-bond acceptors (Lipinski definition) is 7. The van der Waals surface area contributed by atoms with Gasteiger partial charge >= 0.3 is 11.6 Å². The van der Waals surface area contributed by atoms with Crippen LogP contribution in [0.3, 0.4) is 0 Å². The highest BCUT2D eigenvalue weighted by Gasteiger charge is 2.16. The van der Waals surface area contributed by atoms with Crippen LogP contribution in [0.1, 0.15) is 36.2 Å². The fourth-order valence-electron chi connectivity index (χ4n) is 2.86. The largest absolute Gasteiger partial charge is 0.484 e. The third-order valence-corrected chi connectivity index (χ3v) is 4.93. The molecule has 1 amide bonds. The second-order valence-corrected chi connectivity index (χ2v) is 7.14. The van der Waals surface area contributed by atoms with Crippen LogP contribution < -0.4 is 15.7 Å². The topological polar surface area (TPSA) is 94.8 Å². The molecular weight excluding hydrogens is 394 g/mol. The number of nitrogens with one attached hydrogen (secondary N) is 1. The monoisotopic (exact) mass is 415 g/mol. The Morgan fingerprint density at radius 3 is 2.76 bits per heavy atom. The van der Waals surface area contributed by atoms with Gasteiger partial charge in [0, 0.05) is 17.5 Å². The van der Waals surface area contributed by atoms with Crippen LogP contribution in [-0.2, 0) is 16.0 Å². The molecule has 0 saturated heterocycles. The molecule has 0 spiro atoms. The van der Waals surface area contributed by atoms with Gasteiger partial charge in [0.2, 0.25) is 0 Å². The number of hydrogen-bond donors (Lipinski definition) is 1. The van der Waals surface area contributed by atoms with Gasteiger partial charge in [-0.3, -0.25) is 4.79 Å². The van der Waals surface area contributed by atoms with Crippen molar-refractivity contribution in [3.8, 4) is 5.75 Å². The summed E-state index contributed by atoms with van der Waals surface area (Å²) in [6.45, 7) is 3.75. The summed E-state index contributed by atoms with van der Waals surface area (Å²) in [5.41, 5.74) is 1.23. The predicted octanol–water partition coefficient (Wildman–Crippen LogP) is 4.00. The van der Waals surface area contributed by atoms with Crippen molar-refractivity contribution in [3.63, 3.8) is 0 Å². The van der Waals surface area contributed by atoms with Gasteiger partial charge in [-0.05, 0) is 42.5 Å². The van der Waals surface area contributed by atoms with E-state index in [1.165, 1.54) is 17.4 Å². The van der Waals surface area contributed by atoms with Crippen molar-refractivity contribution in [2.24, 2.45) is 0 Å². The maximum Gasteiger partial charge on any atom is 0.341 e. The van der Waals surface area contributed by atoms with E-state index in [1.54, 1.807) is 30.5 Å². The highest BCUT2D eigenvalue weighted by molar-refractivity contribution is 7.14. The average molecular weight is 415 g/mol. The fraction of sp³-hybridized carbons (Fsp3) is 0.286. The Labute approximate surface area is 171 Å². The van der Waals surface area contributed by atoms with Crippen LogP contribution in [0.2, 0.25) is 0 Å². The second-order valence-electron chi connectivity index (χ2n) is 6.22. The van der Waals surface area contributed by atoms with E-state index in [9.17, 15) is 14.4 Å². The Hall–Kier alpha value is -3.13. The molecule has 1 aromatic carbocycles. The average Bonchev–Trinajstić information content (AvgIpc) is 3.14. The number of carbonyl (C=O) groups excluding carboxylic acids is 2. The fourth-order valence-corrected chi connectivity index (χ4v) is 3.65. The number of anilines is 1. The smallest absolute Gasteiger partial charge is 0.341 e. The van der Waals surface area contributed by atoms with Crippen molar-refractivity contribution >= 4 is 39.2 Å². The first-order valence-electron chi connectivity index (χ1n) is 9.25. The lowest BCUT2D eigenvalue weighted by Crippen LogP contribution is -2.21. The van der Waals surface area contributed by atoms with Crippen molar-refractivity contribution in [2.45, 2.75) is 26.7 Å². The Morgan fingerprint density at radius 1 is 1.17 bits per heavy atom. The first-order valence-corrected chi connectivity index (χ1v) is 10.1. The number of esters is 1. The standard InChI is InChI=1S/C21H21NO6S/c1-3-5-13-10-19(24)28-17-11-14(6-7-15(13)17)27-12-18(23)22-20-16(8-9-29-20)21(25)26-4-2/h6-11H,3-5,12H2,1-2H3,(H,22,23). The van der Waals surface area contributed by atoms with E-state index >= 15 is 0 Å². The molecule has 152 valence electrons. The van der Waals surface area contributed by atoms with E-state index in [0.717, 1.165) is 23.8 Å². The molecule has 0 bridgehead atoms. The van der Waals surface area contributed by atoms with Gasteiger partial charge in [0.15, 0.2) is 6.61 Å². The number of amides is 1. The molecule has 3 rings (SSSR count). The SMILES string of the molecule is CCCc1cc(=O)oc2cc(OCC(=O)Nc3sccc3C(=O)OCC)ccc12. The van der Waals surface area contributed by atoms with Gasteiger partial charge in [0.1, 0.15) is 16.3 Å². The minimum atomic E-state index is -0.489. The first kappa shape index (κ1) is 20.6. The van der Waals surface area contributed by atoms with Crippen LogP contribution in [0.4, 0.5) is 5.00 Å². The Balaban J connectivity index is 1.68. The van der Waals surface area contributed by atoms with E-state index in [4.69, 9.17) is 13.9 Å². The van der Waals surface area contributed by atoms with Crippen molar-refractivity contribution in [2.75, 3.05) is 18.5 Å². The number of ether oxygens (including phenoxy) is 2. The molecule has 0 aliphatic heterocycles. The van der Waals surface area contributed by atoms with Gasteiger partial charge < -0.3 is 19.2 Å². The molecule has 3 aromatic rings. The molecule has 0 aliphatic carbocycles. The number of rotatable bonds is 8. The van der Waals surface area contributed by atoms with Gasteiger partial charge in [0.05, 0.1) is 12.2 Å². The van der Waals surface area contributed by atoms with Crippen molar-refractivity contribution in [1.29, 1.82) is 0 Å². The zero-order valence-corrected chi connectivity index (χ0v) is 17.0. The van der Waals surface area contributed by atoms with Gasteiger partial charge in [-0.2, -0.15) is 0 Å². The van der Waals surface area contributed by atoms with E-state index in [0.29, 0.717) is 21.9 Å². The maximum absolute atomic E-state index is 12.2. The lowest BCUT2D eigenvalue weighted by Gasteiger charge is -2.09. The summed E-state index contributed by atoms with van der Waals surface area (Å²) in [7, 11) is 0. The molecular formula is C21H21NO6S. The Kier molecular flexibility index (Phi) is 6.66. The van der Waals surface area contributed by atoms with Crippen LogP contribution in [0.15, 0.2) is 44.9 Å². The summed E-state index contributed by atoms with van der Waals surface area (Å²) >= 11 is 1.23. The van der Waals surface area contributed by atoms with Crippen LogP contribution >= 0.6 is 11.3 Å². The highest BCUT2D eigenvalue weighted by Crippen LogP contribution is 2.25. The molecule has 0 unspecified atom stereocenters. The molecule has 8 heteroatoms. The molecule has 0 saturated carbocycles. The number of benzene rings is 1. The number of aryl methyl sites for hydroxylation is 1. The third kappa shape index (κ3) is 5.03. The van der Waals surface area contributed by atoms with Gasteiger partial charge in [0.25, 0.3) is 5.91 Å². The Bertz CT molecular complexity index is 1080. The molecule has 7 nitrogen and oxygen atoms in total. The van der Waals surface area contributed by atoms with Gasteiger partial charge in [-0.25, -0.2) is 9.59 Å². The normalized spacial score (nSPS) is 10.7. The Morgan fingerprint density at radius 2 is 2.00 bits per heavy atom. The second kappa shape index (κ2) is 9.38. The molecule has 29 heavy (non-hydrogen) atoms. The lowest BCUT2D eigenvalue weighted by atomic mass is 10.1. The lowest BCUT2D eigenvalue weighted by molar-refractivity contribution is -0.118. The van der Waals surface area contributed by atoms with Crippen molar-refractivity contribution in [3.05, 3.63) is 57.3 Å². The molecule has 0 fully saturated rings. The number of thiophene rings is 1. The minimum absolute atomic E-state index is 0.253. The maximum atomic E-state index is 12.2. The summed E-state index contributed by atoms with van der Waals surface area (Å²) in [4.78, 5) is 35.9. The number of fused-ring (bicyclic) bond motifs is 1. The van der Waals surface area contributed by atoms with Crippen LogP contribution in [0.5, 0.6) is 5.75 Å². The zero-order valence-electron chi connectivity index (χ0n) is 16.2. The summed E-state index contributed by atoms with van der Waals surface area (Å²) in [5, 5.41) is 5.61. The minimum Gasteiger partial charge on any atom is -0.484 e. The summed E-state index contributed by atoms with van der Waals surface area (Å²) < 4.78 is 15.8. The quantitative estimate of drug-likeness (QED) is 0.441. The van der Waals surface area contributed by atoms with Crippen molar-refractivity contribution < 1.29 is 23.5 Å². The van der Waals surface area contributed by atoms with Gasteiger partial charge in [-0.15, -0.1) is 11.3 Å². The molecule has 1 N–H and O–H groups in total. The van der Waals surface area contributed by atoms with Gasteiger partial charge in [-0.1, -0.05) is 13.3 Å². The molecule has 2 aromatic heterocycles. The van der Waals surface area contributed by atoms with E-state index in [-0.39, 0.29) is 13.2 Å². The summed E-state index contributed by atoms with van der Waals surface area (Å²) in [6, 6.07) is 8.23. The zero-order chi connectivity index (χ0) is 20.8. The van der Waals surface area contributed by atoms with E-state index in [2.05, 4.69) is 5.32 Å². The summed E-state index contributed by atoms with van der Waals surface area (Å²) in [5.74, 6) is -0.502. The predicted molar refractivity (Wildman–Crippen MR) is 111 cm³/mol. The van der Waals surface area contributed by atoms with E-state index in [1.807, 2.05) is 13.0 Å². The number of carbonyl (C=O) groups is 2. The van der Waals surface area contributed by atoms with Crippen LogP contribution in [0.25, 0.3) is 11.0 Å². The molecule has 2 heterocycles. The highest BCUT2D eigenvalue weighted by atomic mass is 32.1. The molecule has 0 atom stereocenters. The molecule has 0 radical (unpaired) electrons. The van der Waals surface area contributed by atoms with Crippen LogP contribution in [0, 0.1) is 0 Å². The van der Waals surface area contributed by atoms with E-state index < -0.39 is 17.5 Å². The molecule has 0 aliphatic rings.